The van der Waals surface area contributed by atoms with Crippen molar-refractivity contribution >= 4 is 0 Å². The number of likely N-dealkylation sites (N-methyl/N-ethyl adjacent to an activating group) is 1. The summed E-state index contributed by atoms with van der Waals surface area (Å²) in [6.45, 7) is 4.69. The van der Waals surface area contributed by atoms with Gasteiger partial charge in [-0.3, -0.25) is 0 Å². The van der Waals surface area contributed by atoms with Gasteiger partial charge in [0.1, 0.15) is 18.1 Å². The Hall–Kier alpha value is -1.69. The van der Waals surface area contributed by atoms with Gasteiger partial charge in [0, 0.05) is 6.54 Å². The summed E-state index contributed by atoms with van der Waals surface area (Å²) in [5.74, 6) is 0.186. The Morgan fingerprint density at radius 2 is 1.78 bits per heavy atom. The molecular formula is C12H14F3NO2. The Kier molecular flexibility index (Phi) is 5.03. The quantitative estimate of drug-likeness (QED) is 0.799. The van der Waals surface area contributed by atoms with Gasteiger partial charge in [-0.2, -0.15) is 0 Å². The molecule has 1 aromatic carbocycles. The first-order valence-corrected chi connectivity index (χ1v) is 5.20. The zero-order valence-corrected chi connectivity index (χ0v) is 9.88. The lowest BCUT2D eigenvalue weighted by Gasteiger charge is -2.11. The summed E-state index contributed by atoms with van der Waals surface area (Å²) < 4.78 is 44.8. The number of hydrogen-bond donors (Lipinski definition) is 1. The summed E-state index contributed by atoms with van der Waals surface area (Å²) in [6.07, 6.45) is -4.68. The second-order valence-electron chi connectivity index (χ2n) is 3.59. The maximum atomic E-state index is 11.9. The lowest BCUT2D eigenvalue weighted by atomic mass is 10.3. The highest BCUT2D eigenvalue weighted by molar-refractivity contribution is 5.31. The summed E-state index contributed by atoms with van der Waals surface area (Å²) in [5.41, 5.74) is 0.841. The minimum Gasteiger partial charge on any atom is -0.489 e. The fraction of sp³-hybridized carbons (Fsp3) is 0.333. The van der Waals surface area contributed by atoms with Crippen molar-refractivity contribution in [2.75, 3.05) is 20.2 Å². The topological polar surface area (TPSA) is 30.5 Å². The zero-order chi connectivity index (χ0) is 13.6. The molecular weight excluding hydrogens is 247 g/mol. The molecule has 0 aliphatic rings. The smallest absolute Gasteiger partial charge is 0.489 e. The fourth-order valence-electron chi connectivity index (χ4n) is 1.22. The number of nitrogens with one attached hydrogen (secondary N) is 1. The molecule has 0 aliphatic carbocycles. The zero-order valence-electron chi connectivity index (χ0n) is 9.88. The molecule has 0 spiro atoms. The van der Waals surface area contributed by atoms with Crippen molar-refractivity contribution in [3.8, 4) is 11.5 Å². The van der Waals surface area contributed by atoms with Crippen LogP contribution in [0, 0.1) is 0 Å². The predicted molar refractivity (Wildman–Crippen MR) is 61.7 cm³/mol. The molecule has 0 bridgehead atoms. The average molecular weight is 261 g/mol. The van der Waals surface area contributed by atoms with E-state index in [1.165, 1.54) is 24.3 Å². The fourth-order valence-corrected chi connectivity index (χ4v) is 1.22. The van der Waals surface area contributed by atoms with E-state index in [0.717, 1.165) is 5.57 Å². The van der Waals surface area contributed by atoms with Crippen molar-refractivity contribution in [2.24, 2.45) is 0 Å². The molecule has 0 aliphatic heterocycles. The van der Waals surface area contributed by atoms with Crippen LogP contribution >= 0.6 is 0 Å². The second-order valence-corrected chi connectivity index (χ2v) is 3.59. The Morgan fingerprint density at radius 3 is 2.28 bits per heavy atom. The Labute approximate surface area is 103 Å². The first-order chi connectivity index (χ1) is 8.40. The first kappa shape index (κ1) is 14.4. The number of rotatable bonds is 6. The van der Waals surface area contributed by atoms with Crippen molar-refractivity contribution in [3.05, 3.63) is 36.4 Å². The molecule has 1 aromatic rings. The first-order valence-electron chi connectivity index (χ1n) is 5.20. The Morgan fingerprint density at radius 1 is 1.22 bits per heavy atom. The van der Waals surface area contributed by atoms with Crippen LogP contribution < -0.4 is 14.8 Å². The molecule has 18 heavy (non-hydrogen) atoms. The molecule has 3 nitrogen and oxygen atoms in total. The predicted octanol–water partition coefficient (Wildman–Crippen LogP) is 2.74. The standard InChI is InChI=1S/C12H14F3NO2/c1-9(7-16-2)8-17-10-3-5-11(6-4-10)18-12(13,14)15/h3-6,16H,1,7-8H2,2H3. The van der Waals surface area contributed by atoms with Crippen LogP contribution in [0.25, 0.3) is 0 Å². The highest BCUT2D eigenvalue weighted by Gasteiger charge is 2.30. The largest absolute Gasteiger partial charge is 0.573 e. The lowest BCUT2D eigenvalue weighted by Crippen LogP contribution is -2.17. The van der Waals surface area contributed by atoms with Crippen LogP contribution in [0.1, 0.15) is 0 Å². The van der Waals surface area contributed by atoms with Gasteiger partial charge in [-0.25, -0.2) is 0 Å². The van der Waals surface area contributed by atoms with E-state index in [0.29, 0.717) is 18.9 Å². The number of halogens is 3. The third-order valence-electron chi connectivity index (χ3n) is 1.93. The molecule has 100 valence electrons. The van der Waals surface area contributed by atoms with E-state index in [1.807, 2.05) is 0 Å². The summed E-state index contributed by atoms with van der Waals surface area (Å²) in [6, 6.07) is 5.22. The SMILES string of the molecule is C=C(CNC)COc1ccc(OC(F)(F)F)cc1. The highest BCUT2D eigenvalue weighted by atomic mass is 19.4. The van der Waals surface area contributed by atoms with Gasteiger partial charge >= 0.3 is 6.36 Å². The van der Waals surface area contributed by atoms with Crippen LogP contribution in [0.4, 0.5) is 13.2 Å². The monoisotopic (exact) mass is 261 g/mol. The Balaban J connectivity index is 2.48. The highest BCUT2D eigenvalue weighted by Crippen LogP contribution is 2.24. The number of alkyl halides is 3. The van der Waals surface area contributed by atoms with E-state index < -0.39 is 6.36 Å². The minimum absolute atomic E-state index is 0.274. The number of ether oxygens (including phenoxy) is 2. The van der Waals surface area contributed by atoms with Gasteiger partial charge in [0.15, 0.2) is 0 Å². The van der Waals surface area contributed by atoms with Crippen LogP contribution in [-0.4, -0.2) is 26.6 Å². The molecule has 0 atom stereocenters. The normalized spacial score (nSPS) is 11.1. The van der Waals surface area contributed by atoms with E-state index >= 15 is 0 Å². The number of benzene rings is 1. The van der Waals surface area contributed by atoms with E-state index in [2.05, 4.69) is 16.6 Å². The third-order valence-corrected chi connectivity index (χ3v) is 1.93. The lowest BCUT2D eigenvalue weighted by molar-refractivity contribution is -0.274. The van der Waals surface area contributed by atoms with Crippen LogP contribution in [-0.2, 0) is 0 Å². The van der Waals surface area contributed by atoms with Crippen molar-refractivity contribution < 1.29 is 22.6 Å². The maximum Gasteiger partial charge on any atom is 0.573 e. The van der Waals surface area contributed by atoms with Gasteiger partial charge in [-0.1, -0.05) is 6.58 Å². The van der Waals surface area contributed by atoms with Gasteiger partial charge in [-0.15, -0.1) is 13.2 Å². The summed E-state index contributed by atoms with van der Waals surface area (Å²) in [5, 5.41) is 2.91. The minimum atomic E-state index is -4.68. The second kappa shape index (κ2) is 6.30. The molecule has 0 heterocycles. The van der Waals surface area contributed by atoms with Crippen molar-refractivity contribution in [3.63, 3.8) is 0 Å². The molecule has 0 unspecified atom stereocenters. The van der Waals surface area contributed by atoms with E-state index in [-0.39, 0.29) is 5.75 Å². The van der Waals surface area contributed by atoms with E-state index in [9.17, 15) is 13.2 Å². The molecule has 0 amide bonds. The third kappa shape index (κ3) is 5.58. The van der Waals surface area contributed by atoms with Gasteiger partial charge in [0.05, 0.1) is 0 Å². The molecule has 1 N–H and O–H groups in total. The summed E-state index contributed by atoms with van der Waals surface area (Å²) in [7, 11) is 1.79. The number of hydrogen-bond acceptors (Lipinski definition) is 3. The van der Waals surface area contributed by atoms with Crippen molar-refractivity contribution in [1.82, 2.24) is 5.32 Å². The molecule has 0 saturated carbocycles. The van der Waals surface area contributed by atoms with Crippen LogP contribution in [0.15, 0.2) is 36.4 Å². The van der Waals surface area contributed by atoms with E-state index in [1.54, 1.807) is 7.05 Å². The van der Waals surface area contributed by atoms with Gasteiger partial charge in [-0.05, 0) is 36.9 Å². The molecule has 0 radical (unpaired) electrons. The molecule has 0 saturated heterocycles. The molecule has 0 aromatic heterocycles. The van der Waals surface area contributed by atoms with Crippen LogP contribution in [0.2, 0.25) is 0 Å². The van der Waals surface area contributed by atoms with Gasteiger partial charge in [0.25, 0.3) is 0 Å². The van der Waals surface area contributed by atoms with Gasteiger partial charge < -0.3 is 14.8 Å². The molecule has 1 rings (SSSR count). The Bertz CT molecular complexity index is 387. The molecule has 6 heteroatoms. The van der Waals surface area contributed by atoms with Crippen LogP contribution in [0.5, 0.6) is 11.5 Å². The average Bonchev–Trinajstić information content (AvgIpc) is 2.26. The van der Waals surface area contributed by atoms with Gasteiger partial charge in [0.2, 0.25) is 0 Å². The summed E-state index contributed by atoms with van der Waals surface area (Å²) >= 11 is 0. The molecule has 0 fully saturated rings. The van der Waals surface area contributed by atoms with Crippen molar-refractivity contribution in [1.29, 1.82) is 0 Å². The van der Waals surface area contributed by atoms with E-state index in [4.69, 9.17) is 4.74 Å². The van der Waals surface area contributed by atoms with Crippen LogP contribution in [0.3, 0.4) is 0 Å². The van der Waals surface area contributed by atoms with Crippen molar-refractivity contribution in [2.45, 2.75) is 6.36 Å². The maximum absolute atomic E-state index is 11.9. The summed E-state index contributed by atoms with van der Waals surface area (Å²) in [4.78, 5) is 0.